The molecule has 142 valence electrons. The summed E-state index contributed by atoms with van der Waals surface area (Å²) in [5, 5.41) is 4.41. The summed E-state index contributed by atoms with van der Waals surface area (Å²) < 4.78 is 41.1. The second-order valence-corrected chi connectivity index (χ2v) is 6.24. The third-order valence-corrected chi connectivity index (χ3v) is 4.56. The van der Waals surface area contributed by atoms with Gasteiger partial charge in [0.1, 0.15) is 11.2 Å². The average Bonchev–Trinajstić information content (AvgIpc) is 3.03. The largest absolute Gasteiger partial charge is 0.419 e. The summed E-state index contributed by atoms with van der Waals surface area (Å²) in [4.78, 5) is 26.7. The number of nitrogens with one attached hydrogen (secondary N) is 1. The van der Waals surface area contributed by atoms with Crippen molar-refractivity contribution in [3.8, 4) is 0 Å². The van der Waals surface area contributed by atoms with E-state index in [1.165, 1.54) is 23.1 Å². The van der Waals surface area contributed by atoms with E-state index in [9.17, 15) is 18.0 Å². The maximum absolute atomic E-state index is 13.2. The number of fused-ring (bicyclic) bond motifs is 1. The molecule has 0 spiro atoms. The summed E-state index contributed by atoms with van der Waals surface area (Å²) in [6.07, 6.45) is -1.66. The van der Waals surface area contributed by atoms with E-state index in [2.05, 4.69) is 20.1 Å². The molecule has 1 saturated heterocycles. The van der Waals surface area contributed by atoms with Gasteiger partial charge in [-0.15, -0.1) is 0 Å². The minimum Gasteiger partial charge on any atom is -0.353 e. The second-order valence-electron chi connectivity index (χ2n) is 6.24. The Hall–Kier alpha value is -3.11. The highest BCUT2D eigenvalue weighted by molar-refractivity contribution is 5.74. The molecular weight excluding hydrogens is 363 g/mol. The Morgan fingerprint density at radius 2 is 1.85 bits per heavy atom. The highest BCUT2D eigenvalue weighted by atomic mass is 19.4. The van der Waals surface area contributed by atoms with Crippen LogP contribution in [-0.2, 0) is 13.2 Å². The van der Waals surface area contributed by atoms with Crippen LogP contribution in [0.4, 0.5) is 24.9 Å². The zero-order chi connectivity index (χ0) is 19.2. The number of H-pyrrole nitrogens is 1. The number of anilines is 2. The van der Waals surface area contributed by atoms with E-state index in [0.717, 1.165) is 6.07 Å². The van der Waals surface area contributed by atoms with Crippen LogP contribution in [0, 0.1) is 0 Å². The van der Waals surface area contributed by atoms with Crippen molar-refractivity contribution in [2.45, 2.75) is 6.18 Å². The van der Waals surface area contributed by atoms with E-state index < -0.39 is 11.7 Å². The number of pyridine rings is 1. The molecule has 0 bridgehead atoms. The van der Waals surface area contributed by atoms with E-state index in [4.69, 9.17) is 0 Å². The topological polar surface area (TPSA) is 82.9 Å². The van der Waals surface area contributed by atoms with Crippen LogP contribution in [0.2, 0.25) is 0 Å². The van der Waals surface area contributed by atoms with Gasteiger partial charge in [-0.2, -0.15) is 23.3 Å². The molecule has 0 radical (unpaired) electrons. The average molecular weight is 379 g/mol. The number of alkyl halides is 3. The summed E-state index contributed by atoms with van der Waals surface area (Å²) in [5.74, 6) is 0.306. The van der Waals surface area contributed by atoms with Gasteiger partial charge < -0.3 is 9.80 Å². The van der Waals surface area contributed by atoms with Gasteiger partial charge >= 0.3 is 6.18 Å². The molecule has 0 saturated carbocycles. The number of aromatic nitrogens is 5. The molecule has 1 aliphatic heterocycles. The van der Waals surface area contributed by atoms with Crippen molar-refractivity contribution in [1.29, 1.82) is 0 Å². The van der Waals surface area contributed by atoms with Gasteiger partial charge in [0.15, 0.2) is 5.65 Å². The zero-order valence-electron chi connectivity index (χ0n) is 14.4. The number of hydrogen-bond donors (Lipinski definition) is 1. The third kappa shape index (κ3) is 3.09. The predicted molar refractivity (Wildman–Crippen MR) is 92.8 cm³/mol. The van der Waals surface area contributed by atoms with Crippen molar-refractivity contribution in [2.75, 3.05) is 36.0 Å². The Labute approximate surface area is 151 Å². The Morgan fingerprint density at radius 1 is 1.15 bits per heavy atom. The van der Waals surface area contributed by atoms with Gasteiger partial charge in [0.2, 0.25) is 5.95 Å². The van der Waals surface area contributed by atoms with Crippen LogP contribution in [-0.4, -0.2) is 50.9 Å². The molecule has 8 nitrogen and oxygen atoms in total. The lowest BCUT2D eigenvalue weighted by atomic mass is 10.2. The van der Waals surface area contributed by atoms with Crippen molar-refractivity contribution < 1.29 is 13.2 Å². The van der Waals surface area contributed by atoms with Gasteiger partial charge in [-0.1, -0.05) is 0 Å². The van der Waals surface area contributed by atoms with Gasteiger partial charge in [-0.05, 0) is 12.1 Å². The Bertz CT molecular complexity index is 1030. The Balaban J connectivity index is 1.57. The molecule has 1 aliphatic rings. The highest BCUT2D eigenvalue weighted by Gasteiger charge is 2.36. The molecule has 0 unspecified atom stereocenters. The van der Waals surface area contributed by atoms with Crippen molar-refractivity contribution in [2.24, 2.45) is 7.05 Å². The molecule has 11 heteroatoms. The zero-order valence-corrected chi connectivity index (χ0v) is 14.4. The molecule has 27 heavy (non-hydrogen) atoms. The normalized spacial score (nSPS) is 15.6. The van der Waals surface area contributed by atoms with E-state index >= 15 is 0 Å². The smallest absolute Gasteiger partial charge is 0.353 e. The van der Waals surface area contributed by atoms with Gasteiger partial charge in [-0.3, -0.25) is 14.5 Å². The number of piperazine rings is 1. The molecule has 1 N–H and O–H groups in total. The number of halogens is 3. The molecule has 4 rings (SSSR count). The van der Waals surface area contributed by atoms with Crippen LogP contribution in [0.5, 0.6) is 0 Å². The molecule has 3 aromatic heterocycles. The lowest BCUT2D eigenvalue weighted by molar-refractivity contribution is -0.137. The fourth-order valence-corrected chi connectivity index (χ4v) is 3.17. The summed E-state index contributed by atoms with van der Waals surface area (Å²) in [7, 11) is 1.69. The van der Waals surface area contributed by atoms with Crippen molar-refractivity contribution in [3.05, 3.63) is 40.4 Å². The summed E-state index contributed by atoms with van der Waals surface area (Å²) in [6, 6.07) is 2.31. The van der Waals surface area contributed by atoms with Crippen molar-refractivity contribution >= 4 is 22.8 Å². The first-order valence-electron chi connectivity index (χ1n) is 8.29. The first kappa shape index (κ1) is 17.3. The lowest BCUT2D eigenvalue weighted by Gasteiger charge is -2.36. The van der Waals surface area contributed by atoms with E-state index in [1.807, 2.05) is 4.90 Å². The predicted octanol–water partition coefficient (Wildman–Crippen LogP) is 1.40. The molecule has 0 amide bonds. The molecule has 0 atom stereocenters. The molecule has 0 aromatic carbocycles. The van der Waals surface area contributed by atoms with Crippen LogP contribution < -0.4 is 15.4 Å². The maximum Gasteiger partial charge on any atom is 0.419 e. The summed E-state index contributed by atoms with van der Waals surface area (Å²) >= 11 is 0. The highest BCUT2D eigenvalue weighted by Crippen LogP contribution is 2.35. The van der Waals surface area contributed by atoms with Gasteiger partial charge in [-0.25, -0.2) is 4.98 Å². The van der Waals surface area contributed by atoms with Gasteiger partial charge in [0, 0.05) is 39.4 Å². The second kappa shape index (κ2) is 6.25. The maximum atomic E-state index is 13.2. The minimum atomic E-state index is -4.46. The number of rotatable bonds is 2. The fourth-order valence-electron chi connectivity index (χ4n) is 3.17. The monoisotopic (exact) mass is 379 g/mol. The van der Waals surface area contributed by atoms with Crippen LogP contribution in [0.15, 0.2) is 29.3 Å². The first-order chi connectivity index (χ1) is 12.8. The van der Waals surface area contributed by atoms with Crippen LogP contribution in [0.25, 0.3) is 11.0 Å². The summed E-state index contributed by atoms with van der Waals surface area (Å²) in [5.41, 5.74) is -0.587. The molecule has 3 aromatic rings. The van der Waals surface area contributed by atoms with E-state index in [-0.39, 0.29) is 11.4 Å². The number of aryl methyl sites for hydroxylation is 1. The first-order valence-corrected chi connectivity index (χ1v) is 8.29. The molecule has 1 fully saturated rings. The van der Waals surface area contributed by atoms with Crippen molar-refractivity contribution in [1.82, 2.24) is 24.7 Å². The molecule has 0 aliphatic carbocycles. The summed E-state index contributed by atoms with van der Waals surface area (Å²) in [6.45, 7) is 1.46. The van der Waals surface area contributed by atoms with Gasteiger partial charge in [0.05, 0.1) is 11.8 Å². The standard InChI is InChI=1S/C16H16F3N7O/c1-24-12-10(9-21-24)14(27)23-15(22-12)26-7-5-25(6-8-26)13-11(16(17,18)19)3-2-4-20-13/h2-4,9H,5-8H2,1H3,(H,22,23,27). The Morgan fingerprint density at radius 3 is 2.56 bits per heavy atom. The quantitative estimate of drug-likeness (QED) is 0.725. The number of hydrogen-bond acceptors (Lipinski definition) is 6. The molecule has 4 heterocycles. The SMILES string of the molecule is Cn1ncc2c(=O)[nH]c(N3CCN(c4ncccc4C(F)(F)F)CC3)nc21. The van der Waals surface area contributed by atoms with E-state index in [1.54, 1.807) is 11.9 Å². The van der Waals surface area contributed by atoms with Crippen molar-refractivity contribution in [3.63, 3.8) is 0 Å². The fraction of sp³-hybridized carbons (Fsp3) is 0.375. The number of nitrogens with zero attached hydrogens (tertiary/aromatic N) is 6. The van der Waals surface area contributed by atoms with Crippen LogP contribution >= 0.6 is 0 Å². The third-order valence-electron chi connectivity index (χ3n) is 4.56. The minimum absolute atomic E-state index is 0.0758. The number of aromatic amines is 1. The lowest BCUT2D eigenvalue weighted by Crippen LogP contribution is -2.48. The van der Waals surface area contributed by atoms with Crippen LogP contribution in [0.3, 0.4) is 0 Å². The van der Waals surface area contributed by atoms with E-state index in [0.29, 0.717) is 43.2 Å². The molecular formula is C16H16F3N7O. The van der Waals surface area contributed by atoms with Crippen LogP contribution in [0.1, 0.15) is 5.56 Å². The van der Waals surface area contributed by atoms with Gasteiger partial charge in [0.25, 0.3) is 5.56 Å². The Kier molecular flexibility index (Phi) is 4.01.